The first-order valence-corrected chi connectivity index (χ1v) is 5.21. The van der Waals surface area contributed by atoms with E-state index in [1.54, 1.807) is 6.20 Å². The summed E-state index contributed by atoms with van der Waals surface area (Å²) in [5.74, 6) is 0. The van der Waals surface area contributed by atoms with Gasteiger partial charge in [0.1, 0.15) is 0 Å². The fraction of sp³-hybridized carbons (Fsp3) is 0.333. The lowest BCUT2D eigenvalue weighted by Gasteiger charge is -2.00. The quantitative estimate of drug-likeness (QED) is 0.713. The predicted octanol–water partition coefficient (Wildman–Crippen LogP) is 2.91. The number of hydrogen-bond donors (Lipinski definition) is 0. The van der Waals surface area contributed by atoms with Crippen LogP contribution in [0.3, 0.4) is 0 Å². The zero-order valence-electron chi connectivity index (χ0n) is 9.73. The molecule has 0 aliphatic rings. The van der Waals surface area contributed by atoms with Crippen LogP contribution in [0.25, 0.3) is 5.69 Å². The van der Waals surface area contributed by atoms with Crippen molar-refractivity contribution in [2.75, 3.05) is 0 Å². The van der Waals surface area contributed by atoms with Gasteiger partial charge in [0.15, 0.2) is 0 Å². The molecule has 3 nitrogen and oxygen atoms in total. The van der Waals surface area contributed by atoms with Crippen LogP contribution in [0.2, 0.25) is 0 Å². The van der Waals surface area contributed by atoms with Crippen molar-refractivity contribution in [3.63, 3.8) is 0 Å². The van der Waals surface area contributed by atoms with Gasteiger partial charge in [-0.1, -0.05) is 13.8 Å². The van der Waals surface area contributed by atoms with Gasteiger partial charge in [0.05, 0.1) is 11.4 Å². The number of nitrogens with zero attached hydrogens (tertiary/aromatic N) is 3. The van der Waals surface area contributed by atoms with Gasteiger partial charge in [0.2, 0.25) is 0 Å². The molecule has 2 aromatic heterocycles. The Morgan fingerprint density at radius 1 is 1.07 bits per heavy atom. The highest BCUT2D eigenvalue weighted by molar-refractivity contribution is 5.30. The van der Waals surface area contributed by atoms with E-state index in [4.69, 9.17) is 0 Å². The number of pyridine rings is 1. The van der Waals surface area contributed by atoms with E-state index in [1.165, 1.54) is 0 Å². The summed E-state index contributed by atoms with van der Waals surface area (Å²) < 4.78 is 1.85. The van der Waals surface area contributed by atoms with E-state index in [1.807, 2.05) is 56.8 Å². The Morgan fingerprint density at radius 2 is 1.80 bits per heavy atom. The van der Waals surface area contributed by atoms with Crippen LogP contribution in [0.5, 0.6) is 0 Å². The molecule has 0 amide bonds. The summed E-state index contributed by atoms with van der Waals surface area (Å²) >= 11 is 0. The van der Waals surface area contributed by atoms with Gasteiger partial charge in [-0.25, -0.2) is 4.68 Å². The summed E-state index contributed by atoms with van der Waals surface area (Å²) in [4.78, 5) is 4.13. The fourth-order valence-electron chi connectivity index (χ4n) is 1.23. The summed E-state index contributed by atoms with van der Waals surface area (Å²) in [6.07, 6.45) is 3.74. The molecular formula is C12H17N3. The first-order chi connectivity index (χ1) is 7.25. The van der Waals surface area contributed by atoms with Crippen molar-refractivity contribution in [1.82, 2.24) is 14.8 Å². The first-order valence-electron chi connectivity index (χ1n) is 5.21. The van der Waals surface area contributed by atoms with Gasteiger partial charge in [0, 0.05) is 18.1 Å². The normalized spacial score (nSPS) is 9.33. The molecule has 2 aromatic rings. The minimum absolute atomic E-state index is 1.01. The van der Waals surface area contributed by atoms with Crippen molar-refractivity contribution in [2.24, 2.45) is 0 Å². The number of rotatable bonds is 1. The summed E-state index contributed by atoms with van der Waals surface area (Å²) in [6, 6.07) is 5.93. The minimum Gasteiger partial charge on any atom is -0.261 e. The third kappa shape index (κ3) is 2.91. The Kier molecular flexibility index (Phi) is 4.03. The van der Waals surface area contributed by atoms with Crippen molar-refractivity contribution >= 4 is 0 Å². The second-order valence-corrected chi connectivity index (χ2v) is 3.06. The molecule has 0 aliphatic carbocycles. The number of hydrogen-bond acceptors (Lipinski definition) is 2. The zero-order valence-corrected chi connectivity index (χ0v) is 9.73. The fourth-order valence-corrected chi connectivity index (χ4v) is 1.23. The number of aryl methyl sites for hydroxylation is 2. The van der Waals surface area contributed by atoms with Crippen LogP contribution in [-0.4, -0.2) is 14.8 Å². The molecule has 0 N–H and O–H groups in total. The summed E-state index contributed by atoms with van der Waals surface area (Å²) in [7, 11) is 0. The highest BCUT2D eigenvalue weighted by atomic mass is 15.3. The third-order valence-corrected chi connectivity index (χ3v) is 1.87. The molecule has 0 atom stereocenters. The van der Waals surface area contributed by atoms with Crippen LogP contribution in [0.1, 0.15) is 25.2 Å². The average molecular weight is 203 g/mol. The second-order valence-electron chi connectivity index (χ2n) is 3.06. The SMILES string of the molecule is CC.Cc1cc(-n2ccc(C)n2)ccn1. The molecule has 0 fully saturated rings. The molecular weight excluding hydrogens is 186 g/mol. The Bertz CT molecular complexity index is 418. The average Bonchev–Trinajstić information content (AvgIpc) is 2.68. The molecule has 80 valence electrons. The predicted molar refractivity (Wildman–Crippen MR) is 62.2 cm³/mol. The van der Waals surface area contributed by atoms with Crippen molar-refractivity contribution in [2.45, 2.75) is 27.7 Å². The van der Waals surface area contributed by atoms with E-state index >= 15 is 0 Å². The number of aromatic nitrogens is 3. The molecule has 0 aromatic carbocycles. The van der Waals surface area contributed by atoms with E-state index in [0.29, 0.717) is 0 Å². The van der Waals surface area contributed by atoms with E-state index < -0.39 is 0 Å². The van der Waals surface area contributed by atoms with Crippen LogP contribution in [0, 0.1) is 13.8 Å². The van der Waals surface area contributed by atoms with E-state index in [9.17, 15) is 0 Å². The molecule has 2 heterocycles. The van der Waals surface area contributed by atoms with Gasteiger partial charge in [-0.2, -0.15) is 5.10 Å². The van der Waals surface area contributed by atoms with Crippen LogP contribution in [-0.2, 0) is 0 Å². The Morgan fingerprint density at radius 3 is 2.33 bits per heavy atom. The van der Waals surface area contributed by atoms with Gasteiger partial charge >= 0.3 is 0 Å². The topological polar surface area (TPSA) is 30.7 Å². The molecule has 2 rings (SSSR count). The monoisotopic (exact) mass is 203 g/mol. The highest BCUT2D eigenvalue weighted by Crippen LogP contribution is 2.07. The molecule has 0 saturated heterocycles. The van der Waals surface area contributed by atoms with E-state index in [-0.39, 0.29) is 0 Å². The molecule has 0 bridgehead atoms. The van der Waals surface area contributed by atoms with Gasteiger partial charge in [-0.3, -0.25) is 4.98 Å². The van der Waals surface area contributed by atoms with Gasteiger partial charge < -0.3 is 0 Å². The van der Waals surface area contributed by atoms with Gasteiger partial charge in [-0.15, -0.1) is 0 Å². The Hall–Kier alpha value is -1.64. The minimum atomic E-state index is 1.01. The standard InChI is InChI=1S/C10H11N3.C2H6/c1-8-4-6-13(12-8)10-3-5-11-9(2)7-10;1-2/h3-7H,1-2H3;1-2H3. The van der Waals surface area contributed by atoms with Gasteiger partial charge in [0.25, 0.3) is 0 Å². The largest absolute Gasteiger partial charge is 0.261 e. The molecule has 15 heavy (non-hydrogen) atoms. The zero-order chi connectivity index (χ0) is 11.3. The lowest BCUT2D eigenvalue weighted by molar-refractivity contribution is 0.857. The summed E-state index contributed by atoms with van der Waals surface area (Å²) in [6.45, 7) is 7.95. The van der Waals surface area contributed by atoms with Crippen LogP contribution in [0.15, 0.2) is 30.6 Å². The molecule has 0 spiro atoms. The molecule has 0 radical (unpaired) electrons. The molecule has 0 unspecified atom stereocenters. The lowest BCUT2D eigenvalue weighted by Crippen LogP contribution is -1.95. The smallest absolute Gasteiger partial charge is 0.0678 e. The van der Waals surface area contributed by atoms with Gasteiger partial charge in [-0.05, 0) is 32.0 Å². The molecule has 0 aliphatic heterocycles. The van der Waals surface area contributed by atoms with Crippen molar-refractivity contribution in [3.8, 4) is 5.69 Å². The maximum Gasteiger partial charge on any atom is 0.0678 e. The van der Waals surface area contributed by atoms with Crippen LogP contribution in [0.4, 0.5) is 0 Å². The summed E-state index contributed by atoms with van der Waals surface area (Å²) in [5.41, 5.74) is 3.08. The Balaban J connectivity index is 0.000000531. The van der Waals surface area contributed by atoms with E-state index in [0.717, 1.165) is 17.1 Å². The summed E-state index contributed by atoms with van der Waals surface area (Å²) in [5, 5.41) is 4.31. The molecule has 3 heteroatoms. The van der Waals surface area contributed by atoms with Crippen LogP contribution < -0.4 is 0 Å². The van der Waals surface area contributed by atoms with Crippen molar-refractivity contribution < 1.29 is 0 Å². The maximum atomic E-state index is 4.31. The molecule has 0 saturated carbocycles. The third-order valence-electron chi connectivity index (χ3n) is 1.87. The Labute approximate surface area is 90.8 Å². The van der Waals surface area contributed by atoms with E-state index in [2.05, 4.69) is 10.1 Å². The first kappa shape index (κ1) is 11.4. The second kappa shape index (κ2) is 5.29. The van der Waals surface area contributed by atoms with Crippen molar-refractivity contribution in [3.05, 3.63) is 42.0 Å². The maximum absolute atomic E-state index is 4.31. The van der Waals surface area contributed by atoms with Crippen molar-refractivity contribution in [1.29, 1.82) is 0 Å². The highest BCUT2D eigenvalue weighted by Gasteiger charge is 1.97. The lowest BCUT2D eigenvalue weighted by atomic mass is 10.3. The van der Waals surface area contributed by atoms with Crippen LogP contribution >= 0.6 is 0 Å².